The van der Waals surface area contributed by atoms with E-state index in [9.17, 15) is 19.5 Å². The maximum absolute atomic E-state index is 13.3. The molecule has 0 radical (unpaired) electrons. The molecule has 176 valence electrons. The lowest BCUT2D eigenvalue weighted by Gasteiger charge is -2.59. The van der Waals surface area contributed by atoms with Gasteiger partial charge in [-0.2, -0.15) is 0 Å². The molecule has 0 amide bonds. The fourth-order valence-electron chi connectivity index (χ4n) is 7.32. The summed E-state index contributed by atoms with van der Waals surface area (Å²) in [4.78, 5) is 36.3. The van der Waals surface area contributed by atoms with Crippen molar-refractivity contribution in [1.82, 2.24) is 0 Å². The number of ether oxygens (including phenoxy) is 2. The normalized spacial score (nSPS) is 42.6. The third kappa shape index (κ3) is 3.28. The minimum atomic E-state index is -1.55. The van der Waals surface area contributed by atoms with Crippen molar-refractivity contribution in [2.75, 3.05) is 6.61 Å². The maximum Gasteiger partial charge on any atom is 0.351 e. The second-order valence-corrected chi connectivity index (χ2v) is 11.1. The molecule has 3 saturated carbocycles. The molecule has 1 unspecified atom stereocenters. The van der Waals surface area contributed by atoms with E-state index in [-0.39, 0.29) is 36.6 Å². The van der Waals surface area contributed by atoms with Crippen molar-refractivity contribution in [3.05, 3.63) is 23.8 Å². The Morgan fingerprint density at radius 1 is 1.28 bits per heavy atom. The molecular formula is C24H30Cl2O6. The Morgan fingerprint density at radius 2 is 2.00 bits per heavy atom. The van der Waals surface area contributed by atoms with E-state index in [0.717, 1.165) is 18.4 Å². The molecular weight excluding hydrogens is 455 g/mol. The number of carbonyl (C=O) groups is 3. The third-order valence-electron chi connectivity index (χ3n) is 8.67. The lowest BCUT2D eigenvalue weighted by molar-refractivity contribution is -0.212. The molecule has 3 fully saturated rings. The summed E-state index contributed by atoms with van der Waals surface area (Å²) < 4.78 is 11.1. The summed E-state index contributed by atoms with van der Waals surface area (Å²) in [7, 11) is 0. The number of alkyl halides is 2. The smallest absolute Gasteiger partial charge is 0.351 e. The average Bonchev–Trinajstić information content (AvgIpc) is 3.01. The van der Waals surface area contributed by atoms with Gasteiger partial charge in [0.2, 0.25) is 10.4 Å². The number of hydrogen-bond acceptors (Lipinski definition) is 6. The first-order valence-electron chi connectivity index (χ1n) is 11.3. The van der Waals surface area contributed by atoms with Gasteiger partial charge in [0.1, 0.15) is 0 Å². The number of aliphatic hydroxyl groups is 1. The first-order valence-corrected chi connectivity index (χ1v) is 12.2. The molecule has 0 aromatic rings. The van der Waals surface area contributed by atoms with Crippen molar-refractivity contribution in [3.63, 3.8) is 0 Å². The summed E-state index contributed by atoms with van der Waals surface area (Å²) in [5.74, 6) is -1.47. The molecule has 0 aliphatic heterocycles. The topological polar surface area (TPSA) is 89.9 Å². The molecule has 4 aliphatic carbocycles. The number of fused-ring (bicyclic) bond motifs is 5. The maximum atomic E-state index is 13.3. The predicted octanol–water partition coefficient (Wildman–Crippen LogP) is 3.91. The molecule has 7 atom stereocenters. The van der Waals surface area contributed by atoms with Gasteiger partial charge in [-0.1, -0.05) is 48.7 Å². The molecule has 0 heterocycles. The highest BCUT2D eigenvalue weighted by atomic mass is 35.5. The van der Waals surface area contributed by atoms with Crippen molar-refractivity contribution >= 4 is 40.9 Å². The van der Waals surface area contributed by atoms with Gasteiger partial charge in [-0.25, -0.2) is 9.59 Å². The number of aliphatic hydroxyl groups excluding tert-OH is 1. The number of carbonyl (C=O) groups excluding carboxylic acids is 3. The van der Waals surface area contributed by atoms with Crippen LogP contribution in [0.5, 0.6) is 0 Å². The van der Waals surface area contributed by atoms with E-state index in [0.29, 0.717) is 12.8 Å². The molecule has 1 N–H and O–H groups in total. The van der Waals surface area contributed by atoms with Gasteiger partial charge in [-0.05, 0) is 63.0 Å². The van der Waals surface area contributed by atoms with E-state index in [2.05, 4.69) is 6.92 Å². The Kier molecular flexibility index (Phi) is 6.05. The second-order valence-electron chi connectivity index (χ2n) is 10.0. The van der Waals surface area contributed by atoms with Crippen molar-refractivity contribution in [1.29, 1.82) is 0 Å². The fraction of sp³-hybridized carbons (Fsp3) is 0.708. The van der Waals surface area contributed by atoms with Crippen LogP contribution in [0.1, 0.15) is 52.9 Å². The van der Waals surface area contributed by atoms with Gasteiger partial charge >= 0.3 is 11.9 Å². The number of esters is 2. The van der Waals surface area contributed by atoms with Crippen LogP contribution in [0.15, 0.2) is 23.8 Å². The second kappa shape index (κ2) is 8.14. The van der Waals surface area contributed by atoms with Crippen LogP contribution in [0, 0.1) is 28.6 Å². The molecule has 0 aromatic carbocycles. The highest BCUT2D eigenvalue weighted by Gasteiger charge is 2.71. The number of hydrogen-bond donors (Lipinski definition) is 1. The number of halogens is 2. The van der Waals surface area contributed by atoms with Crippen molar-refractivity contribution in [2.45, 2.75) is 69.4 Å². The first-order chi connectivity index (χ1) is 15.0. The number of allylic oxidation sites excluding steroid dienone is 4. The summed E-state index contributed by atoms with van der Waals surface area (Å²) >= 11 is 11.5. The predicted molar refractivity (Wildman–Crippen MR) is 119 cm³/mol. The van der Waals surface area contributed by atoms with Crippen molar-refractivity contribution in [3.8, 4) is 0 Å². The largest absolute Gasteiger partial charge is 0.463 e. The van der Waals surface area contributed by atoms with E-state index < -0.39 is 39.3 Å². The van der Waals surface area contributed by atoms with Gasteiger partial charge in [-0.15, -0.1) is 0 Å². The van der Waals surface area contributed by atoms with Crippen molar-refractivity contribution < 1.29 is 29.0 Å². The van der Waals surface area contributed by atoms with Gasteiger partial charge < -0.3 is 14.6 Å². The summed E-state index contributed by atoms with van der Waals surface area (Å²) in [5.41, 5.74) is -1.74. The van der Waals surface area contributed by atoms with E-state index in [1.54, 1.807) is 19.1 Å². The fourth-order valence-corrected chi connectivity index (χ4v) is 7.41. The molecule has 0 spiro atoms. The summed E-state index contributed by atoms with van der Waals surface area (Å²) in [6.45, 7) is 5.85. The Balaban J connectivity index is 1.75. The molecule has 6 nitrogen and oxygen atoms in total. The van der Waals surface area contributed by atoms with Crippen LogP contribution in [-0.4, -0.2) is 46.0 Å². The summed E-state index contributed by atoms with van der Waals surface area (Å²) in [6.07, 6.45) is 7.25. The van der Waals surface area contributed by atoms with Crippen LogP contribution in [0.2, 0.25) is 0 Å². The molecule has 0 bridgehead atoms. The summed E-state index contributed by atoms with van der Waals surface area (Å²) in [6, 6.07) is 0. The first kappa shape index (κ1) is 23.8. The van der Waals surface area contributed by atoms with E-state index in [4.69, 9.17) is 32.7 Å². The SMILES string of the molecule is CCOC(=O)C1(OC(=O)C(Cl)Cl)CC[C@H]2[C@@H]3CCC4=CC(=O)C=C[C@]4(C)[C@H]3[C@@H](O)C[C@@]21C. The van der Waals surface area contributed by atoms with E-state index in [1.807, 2.05) is 13.0 Å². The quantitative estimate of drug-likeness (QED) is 0.480. The number of ketones is 1. The van der Waals surface area contributed by atoms with Gasteiger partial charge in [0.05, 0.1) is 12.7 Å². The van der Waals surface area contributed by atoms with Crippen LogP contribution < -0.4 is 0 Å². The Morgan fingerprint density at radius 3 is 2.66 bits per heavy atom. The molecule has 0 saturated heterocycles. The molecule has 4 rings (SSSR count). The zero-order chi connectivity index (χ0) is 23.5. The third-order valence-corrected chi connectivity index (χ3v) is 9.03. The van der Waals surface area contributed by atoms with Gasteiger partial charge in [0, 0.05) is 16.7 Å². The van der Waals surface area contributed by atoms with Crippen LogP contribution >= 0.6 is 23.2 Å². The highest BCUT2D eigenvalue weighted by molar-refractivity contribution is 6.53. The lowest BCUT2D eigenvalue weighted by atomic mass is 9.46. The summed E-state index contributed by atoms with van der Waals surface area (Å²) in [5, 5.41) is 11.5. The molecule has 4 aliphatic rings. The van der Waals surface area contributed by atoms with Crippen LogP contribution in [0.25, 0.3) is 0 Å². The standard InChI is InChI=1S/C24H30Cl2O6/c1-4-31-21(30)24(32-20(29)19(25)26)10-8-16-15-6-5-13-11-14(27)7-9-22(13,2)18(15)17(28)12-23(16,24)3/h7,9,11,15-19,28H,4-6,8,10,12H2,1-3H3/t15-,16-,17-,18+,22-,23-,24?/m0/s1. The minimum Gasteiger partial charge on any atom is -0.463 e. The molecule has 0 aromatic heterocycles. The Labute approximate surface area is 198 Å². The highest BCUT2D eigenvalue weighted by Crippen LogP contribution is 2.68. The van der Waals surface area contributed by atoms with Crippen LogP contribution in [-0.2, 0) is 23.9 Å². The zero-order valence-electron chi connectivity index (χ0n) is 18.6. The minimum absolute atomic E-state index is 0.0168. The monoisotopic (exact) mass is 484 g/mol. The van der Waals surface area contributed by atoms with Gasteiger partial charge in [0.15, 0.2) is 5.78 Å². The van der Waals surface area contributed by atoms with E-state index >= 15 is 0 Å². The molecule has 32 heavy (non-hydrogen) atoms. The number of rotatable bonds is 4. The van der Waals surface area contributed by atoms with Crippen molar-refractivity contribution in [2.24, 2.45) is 28.6 Å². The zero-order valence-corrected chi connectivity index (χ0v) is 20.1. The molecule has 8 heteroatoms. The average molecular weight is 485 g/mol. The van der Waals surface area contributed by atoms with Crippen LogP contribution in [0.4, 0.5) is 0 Å². The Hall–Kier alpha value is -1.37. The Bertz CT molecular complexity index is 897. The van der Waals surface area contributed by atoms with Gasteiger partial charge in [0.25, 0.3) is 0 Å². The van der Waals surface area contributed by atoms with E-state index in [1.165, 1.54) is 0 Å². The van der Waals surface area contributed by atoms with Gasteiger partial charge in [-0.3, -0.25) is 4.79 Å². The van der Waals surface area contributed by atoms with Crippen LogP contribution in [0.3, 0.4) is 0 Å². The lowest BCUT2D eigenvalue weighted by Crippen LogP contribution is -2.63.